The van der Waals surface area contributed by atoms with Crippen LogP contribution in [0.25, 0.3) is 10.6 Å². The van der Waals surface area contributed by atoms with E-state index in [2.05, 4.69) is 18.1 Å². The van der Waals surface area contributed by atoms with Gasteiger partial charge in [-0.05, 0) is 42.8 Å². The van der Waals surface area contributed by atoms with Gasteiger partial charge in [0.05, 0.1) is 11.4 Å². The molecule has 0 bridgehead atoms. The van der Waals surface area contributed by atoms with Gasteiger partial charge in [0.2, 0.25) is 0 Å². The highest BCUT2D eigenvalue weighted by Crippen LogP contribution is 2.31. The van der Waals surface area contributed by atoms with E-state index in [0.29, 0.717) is 19.8 Å². The molecule has 0 saturated heterocycles. The molecule has 0 radical (unpaired) electrons. The van der Waals surface area contributed by atoms with Crippen molar-refractivity contribution in [2.45, 2.75) is 13.5 Å². The third-order valence-corrected chi connectivity index (χ3v) is 4.82. The Labute approximate surface area is 143 Å². The maximum atomic E-state index is 12.1. The second-order valence-corrected chi connectivity index (χ2v) is 6.89. The van der Waals surface area contributed by atoms with Crippen molar-refractivity contribution in [2.24, 2.45) is 0 Å². The lowest BCUT2D eigenvalue weighted by molar-refractivity contribution is 0.171. The predicted octanol–water partition coefficient (Wildman–Crippen LogP) is 3.10. The first kappa shape index (κ1) is 15.0. The highest BCUT2D eigenvalue weighted by molar-refractivity contribution is 7.15. The summed E-state index contributed by atoms with van der Waals surface area (Å²) in [5, 5.41) is 4.51. The fraction of sp³-hybridized carbons (Fsp3) is 0.222. The Balaban J connectivity index is 1.65. The van der Waals surface area contributed by atoms with Crippen LogP contribution in [0, 0.1) is 6.92 Å². The average Bonchev–Trinajstić information content (AvgIpc) is 3.03. The van der Waals surface area contributed by atoms with Gasteiger partial charge in [-0.2, -0.15) is 5.10 Å². The lowest BCUT2D eigenvalue weighted by Crippen LogP contribution is -2.23. The average molecular weight is 340 g/mol. The second kappa shape index (κ2) is 6.13. The van der Waals surface area contributed by atoms with Crippen LogP contribution in [0.1, 0.15) is 10.4 Å². The van der Waals surface area contributed by atoms with E-state index < -0.39 is 0 Å². The smallest absolute Gasteiger partial charge is 0.267 e. The van der Waals surface area contributed by atoms with Crippen LogP contribution in [0.2, 0.25) is 0 Å². The third-order valence-electron chi connectivity index (χ3n) is 3.80. The van der Waals surface area contributed by atoms with E-state index in [9.17, 15) is 4.79 Å². The van der Waals surface area contributed by atoms with Crippen molar-refractivity contribution in [1.29, 1.82) is 0 Å². The van der Waals surface area contributed by atoms with E-state index in [-0.39, 0.29) is 5.56 Å². The molecule has 2 aromatic heterocycles. The molecular formula is C18H16N2O3S. The molecular weight excluding hydrogens is 324 g/mol. The highest BCUT2D eigenvalue weighted by Gasteiger charge is 2.13. The molecule has 0 amide bonds. The molecule has 0 spiro atoms. The molecule has 24 heavy (non-hydrogen) atoms. The number of rotatable bonds is 3. The zero-order valence-electron chi connectivity index (χ0n) is 13.2. The van der Waals surface area contributed by atoms with E-state index in [1.807, 2.05) is 24.3 Å². The molecule has 122 valence electrons. The number of thiophene rings is 1. The van der Waals surface area contributed by atoms with Crippen molar-refractivity contribution in [3.8, 4) is 22.1 Å². The Bertz CT molecular complexity index is 945. The first-order valence-electron chi connectivity index (χ1n) is 7.72. The highest BCUT2D eigenvalue weighted by atomic mass is 32.1. The Morgan fingerprint density at radius 1 is 1.08 bits per heavy atom. The lowest BCUT2D eigenvalue weighted by Gasteiger charge is -2.19. The predicted molar refractivity (Wildman–Crippen MR) is 93.1 cm³/mol. The number of hydrogen-bond acceptors (Lipinski definition) is 5. The monoisotopic (exact) mass is 340 g/mol. The van der Waals surface area contributed by atoms with Gasteiger partial charge in [-0.15, -0.1) is 11.3 Å². The van der Waals surface area contributed by atoms with Crippen molar-refractivity contribution in [2.75, 3.05) is 13.2 Å². The number of benzene rings is 1. The quantitative estimate of drug-likeness (QED) is 0.735. The molecule has 1 aromatic carbocycles. The maximum Gasteiger partial charge on any atom is 0.267 e. The number of fused-ring (bicyclic) bond motifs is 1. The van der Waals surface area contributed by atoms with Gasteiger partial charge in [0.25, 0.3) is 5.56 Å². The molecule has 0 atom stereocenters. The summed E-state index contributed by atoms with van der Waals surface area (Å²) in [5.41, 5.74) is 1.64. The van der Waals surface area contributed by atoms with Crippen LogP contribution in [0.15, 0.2) is 47.3 Å². The van der Waals surface area contributed by atoms with Gasteiger partial charge >= 0.3 is 0 Å². The standard InChI is InChI=1S/C18H16N2O3S/c1-12-2-6-17(24-12)14-4-7-18(21)20(19-14)11-13-3-5-15-16(10-13)23-9-8-22-15/h2-7,10H,8-9,11H2,1H3. The minimum atomic E-state index is -0.123. The third kappa shape index (κ3) is 2.92. The van der Waals surface area contributed by atoms with E-state index in [4.69, 9.17) is 9.47 Å². The van der Waals surface area contributed by atoms with Crippen molar-refractivity contribution in [1.82, 2.24) is 9.78 Å². The van der Waals surface area contributed by atoms with Gasteiger partial charge in [-0.3, -0.25) is 4.79 Å². The van der Waals surface area contributed by atoms with Crippen molar-refractivity contribution in [3.05, 3.63) is 63.3 Å². The zero-order chi connectivity index (χ0) is 16.5. The summed E-state index contributed by atoms with van der Waals surface area (Å²) >= 11 is 1.67. The number of ether oxygens (including phenoxy) is 2. The maximum absolute atomic E-state index is 12.1. The first-order valence-corrected chi connectivity index (χ1v) is 8.54. The molecule has 0 aliphatic carbocycles. The van der Waals surface area contributed by atoms with Gasteiger partial charge in [-0.25, -0.2) is 4.68 Å². The van der Waals surface area contributed by atoms with E-state index in [1.54, 1.807) is 23.5 Å². The molecule has 3 heterocycles. The molecule has 6 heteroatoms. The van der Waals surface area contributed by atoms with Gasteiger partial charge in [0.1, 0.15) is 18.9 Å². The molecule has 3 aromatic rings. The van der Waals surface area contributed by atoms with Crippen LogP contribution < -0.4 is 15.0 Å². The number of aryl methyl sites for hydroxylation is 1. The first-order chi connectivity index (χ1) is 11.7. The van der Waals surface area contributed by atoms with Crippen LogP contribution in [-0.2, 0) is 6.54 Å². The molecule has 1 aliphatic heterocycles. The van der Waals surface area contributed by atoms with Crippen LogP contribution in [0.4, 0.5) is 0 Å². The Hall–Kier alpha value is -2.60. The summed E-state index contributed by atoms with van der Waals surface area (Å²) in [6, 6.07) is 13.1. The minimum Gasteiger partial charge on any atom is -0.486 e. The van der Waals surface area contributed by atoms with E-state index >= 15 is 0 Å². The van der Waals surface area contributed by atoms with Crippen LogP contribution in [0.3, 0.4) is 0 Å². The van der Waals surface area contributed by atoms with Gasteiger partial charge in [-0.1, -0.05) is 6.07 Å². The van der Waals surface area contributed by atoms with E-state index in [1.165, 1.54) is 9.56 Å². The Kier molecular flexibility index (Phi) is 3.82. The summed E-state index contributed by atoms with van der Waals surface area (Å²) < 4.78 is 12.6. The van der Waals surface area contributed by atoms with Crippen LogP contribution >= 0.6 is 11.3 Å². The van der Waals surface area contributed by atoms with Crippen molar-refractivity contribution in [3.63, 3.8) is 0 Å². The Morgan fingerprint density at radius 2 is 1.92 bits per heavy atom. The van der Waals surface area contributed by atoms with Crippen molar-refractivity contribution >= 4 is 11.3 Å². The second-order valence-electron chi connectivity index (χ2n) is 5.60. The van der Waals surface area contributed by atoms with Gasteiger partial charge in [0.15, 0.2) is 11.5 Å². The normalized spacial score (nSPS) is 13.0. The molecule has 0 N–H and O–H groups in total. The summed E-state index contributed by atoms with van der Waals surface area (Å²) in [5.74, 6) is 1.46. The molecule has 0 unspecified atom stereocenters. The number of nitrogens with zero attached hydrogens (tertiary/aromatic N) is 2. The van der Waals surface area contributed by atoms with Crippen LogP contribution in [-0.4, -0.2) is 23.0 Å². The molecule has 5 nitrogen and oxygen atoms in total. The fourth-order valence-electron chi connectivity index (χ4n) is 2.62. The molecule has 1 aliphatic rings. The summed E-state index contributed by atoms with van der Waals surface area (Å²) in [7, 11) is 0. The lowest BCUT2D eigenvalue weighted by atomic mass is 10.2. The summed E-state index contributed by atoms with van der Waals surface area (Å²) in [4.78, 5) is 14.4. The Morgan fingerprint density at radius 3 is 2.71 bits per heavy atom. The fourth-order valence-corrected chi connectivity index (χ4v) is 3.46. The van der Waals surface area contributed by atoms with E-state index in [0.717, 1.165) is 27.6 Å². The summed E-state index contributed by atoms with van der Waals surface area (Å²) in [6.45, 7) is 3.56. The molecule has 0 fully saturated rings. The minimum absolute atomic E-state index is 0.123. The SMILES string of the molecule is Cc1ccc(-c2ccc(=O)n(Cc3ccc4c(c3)OCCO4)n2)s1. The largest absolute Gasteiger partial charge is 0.486 e. The summed E-state index contributed by atoms with van der Waals surface area (Å²) in [6.07, 6.45) is 0. The van der Waals surface area contributed by atoms with Crippen LogP contribution in [0.5, 0.6) is 11.5 Å². The molecule has 4 rings (SSSR count). The van der Waals surface area contributed by atoms with Crippen molar-refractivity contribution < 1.29 is 9.47 Å². The number of hydrogen-bond donors (Lipinski definition) is 0. The van der Waals surface area contributed by atoms with Gasteiger partial charge < -0.3 is 9.47 Å². The topological polar surface area (TPSA) is 53.4 Å². The number of aromatic nitrogens is 2. The zero-order valence-corrected chi connectivity index (χ0v) is 14.0. The van der Waals surface area contributed by atoms with Gasteiger partial charge in [0, 0.05) is 10.9 Å². The molecule has 0 saturated carbocycles.